The summed E-state index contributed by atoms with van der Waals surface area (Å²) in [5.41, 5.74) is -0.692. The minimum absolute atomic E-state index is 0.0698. The average molecular weight is 269 g/mol. The number of aliphatic hydroxyl groups is 1. The summed E-state index contributed by atoms with van der Waals surface area (Å²) in [5, 5.41) is 18.9. The molecule has 2 heterocycles. The Morgan fingerprint density at radius 3 is 2.47 bits per heavy atom. The van der Waals surface area contributed by atoms with Crippen molar-refractivity contribution in [1.29, 1.82) is 0 Å². The normalized spacial score (nSPS) is 26.6. The van der Waals surface area contributed by atoms with Crippen LogP contribution in [0.1, 0.15) is 40.0 Å². The fraction of sp³-hybridized carbons (Fsp3) is 0.692. The monoisotopic (exact) mass is 269 g/mol. The van der Waals surface area contributed by atoms with E-state index >= 15 is 0 Å². The van der Waals surface area contributed by atoms with Crippen molar-refractivity contribution in [3.8, 4) is 0 Å². The van der Waals surface area contributed by atoms with Crippen LogP contribution in [0.15, 0.2) is 11.3 Å². The Bertz CT molecular complexity index is 448. The summed E-state index contributed by atoms with van der Waals surface area (Å²) in [6, 6.07) is -0.742. The zero-order valence-electron chi connectivity index (χ0n) is 11.3. The summed E-state index contributed by atoms with van der Waals surface area (Å²) >= 11 is 0. The van der Waals surface area contributed by atoms with Crippen LogP contribution in [-0.4, -0.2) is 44.9 Å². The number of hydrogen-bond acceptors (Lipinski definition) is 4. The first-order valence-electron chi connectivity index (χ1n) is 6.37. The molecule has 2 aliphatic heterocycles. The number of aliphatic carboxylic acids is 1. The van der Waals surface area contributed by atoms with Crippen LogP contribution in [0.25, 0.3) is 0 Å². The highest BCUT2D eigenvalue weighted by Crippen LogP contribution is 2.39. The summed E-state index contributed by atoms with van der Waals surface area (Å²) in [6.07, 6.45) is 0.920. The molecule has 1 saturated heterocycles. The number of carboxylic acids is 1. The molecule has 0 aromatic heterocycles. The lowest BCUT2D eigenvalue weighted by Gasteiger charge is -2.36. The molecule has 2 atom stereocenters. The van der Waals surface area contributed by atoms with Crippen LogP contribution >= 0.6 is 0 Å². The molecule has 2 unspecified atom stereocenters. The fourth-order valence-corrected chi connectivity index (χ4v) is 2.75. The molecule has 6 nitrogen and oxygen atoms in total. The van der Waals surface area contributed by atoms with Gasteiger partial charge in [0.05, 0.1) is 11.6 Å². The molecule has 0 aromatic carbocycles. The van der Waals surface area contributed by atoms with E-state index in [1.54, 1.807) is 20.8 Å². The maximum atomic E-state index is 12.2. The lowest BCUT2D eigenvalue weighted by atomic mass is 10.00. The molecule has 19 heavy (non-hydrogen) atoms. The van der Waals surface area contributed by atoms with Crippen LogP contribution in [0.2, 0.25) is 0 Å². The number of nitrogens with zero attached hydrogens (tertiary/aromatic N) is 1. The van der Waals surface area contributed by atoms with E-state index < -0.39 is 23.7 Å². The van der Waals surface area contributed by atoms with Gasteiger partial charge in [-0.3, -0.25) is 4.90 Å². The summed E-state index contributed by atoms with van der Waals surface area (Å²) in [4.78, 5) is 24.8. The molecular weight excluding hydrogens is 250 g/mol. The van der Waals surface area contributed by atoms with Crippen LogP contribution in [0.4, 0.5) is 4.79 Å². The molecule has 0 aromatic rings. The maximum absolute atomic E-state index is 12.2. The largest absolute Gasteiger partial charge is 0.512 e. The Morgan fingerprint density at radius 2 is 1.95 bits per heavy atom. The van der Waals surface area contributed by atoms with E-state index in [0.717, 1.165) is 0 Å². The van der Waals surface area contributed by atoms with Crippen LogP contribution in [0, 0.1) is 0 Å². The second-order valence-electron chi connectivity index (χ2n) is 6.00. The smallest absolute Gasteiger partial charge is 0.411 e. The number of carbonyl (C=O) groups is 2. The average Bonchev–Trinajstić information content (AvgIpc) is 2.51. The van der Waals surface area contributed by atoms with Crippen LogP contribution in [0.3, 0.4) is 0 Å². The molecule has 2 bridgehead atoms. The van der Waals surface area contributed by atoms with Crippen molar-refractivity contribution in [2.75, 3.05) is 0 Å². The highest BCUT2D eigenvalue weighted by atomic mass is 16.6. The van der Waals surface area contributed by atoms with Gasteiger partial charge in [-0.2, -0.15) is 0 Å². The van der Waals surface area contributed by atoms with Crippen LogP contribution in [-0.2, 0) is 9.53 Å². The Morgan fingerprint density at radius 1 is 1.32 bits per heavy atom. The second kappa shape index (κ2) is 4.43. The summed E-state index contributed by atoms with van der Waals surface area (Å²) in [7, 11) is 0. The van der Waals surface area contributed by atoms with E-state index in [4.69, 9.17) is 9.84 Å². The van der Waals surface area contributed by atoms with Gasteiger partial charge in [0.1, 0.15) is 11.4 Å². The van der Waals surface area contributed by atoms with Gasteiger partial charge in [-0.25, -0.2) is 9.59 Å². The van der Waals surface area contributed by atoms with Crippen molar-refractivity contribution in [2.45, 2.75) is 57.7 Å². The van der Waals surface area contributed by atoms with Gasteiger partial charge in [-0.1, -0.05) is 0 Å². The van der Waals surface area contributed by atoms with Crippen molar-refractivity contribution in [2.24, 2.45) is 0 Å². The Hall–Kier alpha value is -1.72. The minimum atomic E-state index is -1.17. The SMILES string of the molecule is CC(C)(C)OC(=O)N1C2CCC1C(C(=O)O)=C(O)C2. The van der Waals surface area contributed by atoms with E-state index in [2.05, 4.69) is 0 Å². The van der Waals surface area contributed by atoms with E-state index in [9.17, 15) is 14.7 Å². The number of aliphatic hydroxyl groups excluding tert-OH is 1. The topological polar surface area (TPSA) is 87.1 Å². The molecular formula is C13H19NO5. The van der Waals surface area contributed by atoms with E-state index in [-0.39, 0.29) is 23.8 Å². The molecule has 2 N–H and O–H groups in total. The van der Waals surface area contributed by atoms with Gasteiger partial charge >= 0.3 is 12.1 Å². The predicted molar refractivity (Wildman–Crippen MR) is 66.8 cm³/mol. The van der Waals surface area contributed by atoms with Gasteiger partial charge in [-0.15, -0.1) is 0 Å². The van der Waals surface area contributed by atoms with Crippen molar-refractivity contribution >= 4 is 12.1 Å². The second-order valence-corrected chi connectivity index (χ2v) is 6.00. The number of hydrogen-bond donors (Lipinski definition) is 2. The minimum Gasteiger partial charge on any atom is -0.512 e. The van der Waals surface area contributed by atoms with Gasteiger partial charge in [0.15, 0.2) is 0 Å². The first-order chi connectivity index (χ1) is 8.70. The molecule has 0 radical (unpaired) electrons. The van der Waals surface area contributed by atoms with E-state index in [1.165, 1.54) is 4.90 Å². The fourth-order valence-electron chi connectivity index (χ4n) is 2.75. The zero-order valence-corrected chi connectivity index (χ0v) is 11.3. The number of amides is 1. The van der Waals surface area contributed by atoms with Gasteiger partial charge in [0.25, 0.3) is 0 Å². The third-order valence-corrected chi connectivity index (χ3v) is 3.41. The Labute approximate surface area is 111 Å². The number of rotatable bonds is 1. The molecule has 2 rings (SSSR count). The van der Waals surface area contributed by atoms with Crippen LogP contribution in [0.5, 0.6) is 0 Å². The third-order valence-electron chi connectivity index (χ3n) is 3.41. The number of carboxylic acid groups (broad SMARTS) is 1. The van der Waals surface area contributed by atoms with Gasteiger partial charge in [0, 0.05) is 12.5 Å². The van der Waals surface area contributed by atoms with Crippen molar-refractivity contribution < 1.29 is 24.5 Å². The van der Waals surface area contributed by atoms with E-state index in [1.807, 2.05) is 0 Å². The first kappa shape index (κ1) is 13.7. The van der Waals surface area contributed by atoms with Crippen molar-refractivity contribution in [3.63, 3.8) is 0 Å². The Balaban J connectivity index is 2.25. The lowest BCUT2D eigenvalue weighted by molar-refractivity contribution is -0.133. The summed E-state index contributed by atoms with van der Waals surface area (Å²) in [5.74, 6) is -1.28. The van der Waals surface area contributed by atoms with Crippen molar-refractivity contribution in [3.05, 3.63) is 11.3 Å². The van der Waals surface area contributed by atoms with Crippen molar-refractivity contribution in [1.82, 2.24) is 4.90 Å². The van der Waals surface area contributed by atoms with Gasteiger partial charge in [-0.05, 0) is 33.6 Å². The molecule has 1 fully saturated rings. The third kappa shape index (κ3) is 2.52. The quantitative estimate of drug-likeness (QED) is 0.760. The number of ether oxygens (including phenoxy) is 1. The number of fused-ring (bicyclic) bond motifs is 2. The maximum Gasteiger partial charge on any atom is 0.411 e. The zero-order chi connectivity index (χ0) is 14.4. The van der Waals surface area contributed by atoms with Crippen LogP contribution < -0.4 is 0 Å². The van der Waals surface area contributed by atoms with E-state index in [0.29, 0.717) is 12.8 Å². The molecule has 106 valence electrons. The highest BCUT2D eigenvalue weighted by Gasteiger charge is 2.47. The summed E-state index contributed by atoms with van der Waals surface area (Å²) in [6.45, 7) is 5.30. The highest BCUT2D eigenvalue weighted by molar-refractivity contribution is 5.90. The number of carbonyl (C=O) groups excluding carboxylic acids is 1. The molecule has 6 heteroatoms. The molecule has 0 spiro atoms. The Kier molecular flexibility index (Phi) is 3.20. The summed E-state index contributed by atoms with van der Waals surface area (Å²) < 4.78 is 5.31. The molecule has 0 saturated carbocycles. The standard InChI is InChI=1S/C13H19NO5/c1-13(2,3)19-12(18)14-7-4-5-8(14)10(11(16)17)9(15)6-7/h7-8,15H,4-6H2,1-3H3,(H,16,17). The molecule has 0 aliphatic carbocycles. The molecule has 1 amide bonds. The first-order valence-corrected chi connectivity index (χ1v) is 6.37. The lowest BCUT2D eigenvalue weighted by Crippen LogP contribution is -2.48. The van der Waals surface area contributed by atoms with Gasteiger partial charge in [0.2, 0.25) is 0 Å². The predicted octanol–water partition coefficient (Wildman–Crippen LogP) is 2.05. The van der Waals surface area contributed by atoms with Gasteiger partial charge < -0.3 is 14.9 Å². The molecule has 2 aliphatic rings.